The van der Waals surface area contributed by atoms with E-state index in [4.69, 9.17) is 6.42 Å². The highest BCUT2D eigenvalue weighted by atomic mass is 127. The Kier molecular flexibility index (Phi) is 4.63. The van der Waals surface area contributed by atoms with Crippen LogP contribution in [0.25, 0.3) is 0 Å². The molecule has 1 atom stereocenters. The van der Waals surface area contributed by atoms with Gasteiger partial charge in [-0.2, -0.15) is 0 Å². The first-order valence-corrected chi connectivity index (χ1v) is 5.71. The molecule has 0 aliphatic carbocycles. The van der Waals surface area contributed by atoms with Crippen LogP contribution in [-0.2, 0) is 0 Å². The van der Waals surface area contributed by atoms with Gasteiger partial charge in [-0.15, -0.1) is 12.3 Å². The van der Waals surface area contributed by atoms with Crippen molar-refractivity contribution in [3.63, 3.8) is 0 Å². The maximum Gasteiger partial charge on any atom is 0.251 e. The van der Waals surface area contributed by atoms with Crippen LogP contribution in [-0.4, -0.2) is 11.9 Å². The van der Waals surface area contributed by atoms with Crippen molar-refractivity contribution < 1.29 is 4.79 Å². The predicted molar refractivity (Wildman–Crippen MR) is 69.5 cm³/mol. The summed E-state index contributed by atoms with van der Waals surface area (Å²) in [6, 6.07) is 7.43. The van der Waals surface area contributed by atoms with Gasteiger partial charge in [0.2, 0.25) is 0 Å². The number of carbonyl (C=O) groups excluding carboxylic acids is 1. The van der Waals surface area contributed by atoms with E-state index >= 15 is 0 Å². The summed E-state index contributed by atoms with van der Waals surface area (Å²) in [5.74, 6) is 2.44. The highest BCUT2D eigenvalue weighted by Gasteiger charge is 2.07. The van der Waals surface area contributed by atoms with Crippen molar-refractivity contribution in [3.05, 3.63) is 33.4 Å². The smallest absolute Gasteiger partial charge is 0.251 e. The minimum Gasteiger partial charge on any atom is -0.349 e. The first kappa shape index (κ1) is 12.1. The normalized spacial score (nSPS) is 11.5. The number of carbonyl (C=O) groups is 1. The summed E-state index contributed by atoms with van der Waals surface area (Å²) in [5.41, 5.74) is 0.666. The van der Waals surface area contributed by atoms with E-state index in [0.29, 0.717) is 12.0 Å². The molecule has 2 nitrogen and oxygen atoms in total. The first-order chi connectivity index (χ1) is 7.13. The van der Waals surface area contributed by atoms with E-state index in [0.717, 1.165) is 3.57 Å². The lowest BCUT2D eigenvalue weighted by Gasteiger charge is -2.10. The Bertz CT molecular complexity index is 378. The van der Waals surface area contributed by atoms with Crippen molar-refractivity contribution in [1.82, 2.24) is 5.32 Å². The van der Waals surface area contributed by atoms with Crippen LogP contribution >= 0.6 is 22.6 Å². The Morgan fingerprint density at radius 3 is 2.67 bits per heavy atom. The Balaban J connectivity index is 2.62. The maximum atomic E-state index is 11.7. The number of terminal acetylenes is 1. The summed E-state index contributed by atoms with van der Waals surface area (Å²) in [7, 11) is 0. The van der Waals surface area contributed by atoms with Crippen molar-refractivity contribution in [3.8, 4) is 12.3 Å². The van der Waals surface area contributed by atoms with Crippen molar-refractivity contribution in [2.24, 2.45) is 0 Å². The Morgan fingerprint density at radius 1 is 1.53 bits per heavy atom. The molecule has 1 rings (SSSR count). The minimum atomic E-state index is -0.0749. The van der Waals surface area contributed by atoms with Crippen LogP contribution in [0.2, 0.25) is 0 Å². The number of nitrogens with one attached hydrogen (secondary N) is 1. The number of halogens is 1. The molecule has 15 heavy (non-hydrogen) atoms. The summed E-state index contributed by atoms with van der Waals surface area (Å²) in [6.45, 7) is 1.89. The zero-order valence-corrected chi connectivity index (χ0v) is 10.6. The SMILES string of the molecule is C#CCC(C)NC(=O)c1ccc(I)cc1. The van der Waals surface area contributed by atoms with Crippen LogP contribution < -0.4 is 5.32 Å². The fraction of sp³-hybridized carbons (Fsp3) is 0.250. The molecule has 1 amide bonds. The number of hydrogen-bond donors (Lipinski definition) is 1. The van der Waals surface area contributed by atoms with Crippen molar-refractivity contribution >= 4 is 28.5 Å². The number of amides is 1. The average Bonchev–Trinajstić information content (AvgIpc) is 2.18. The van der Waals surface area contributed by atoms with Gasteiger partial charge in [0, 0.05) is 21.6 Å². The highest BCUT2D eigenvalue weighted by Crippen LogP contribution is 2.07. The molecule has 0 saturated heterocycles. The average molecular weight is 313 g/mol. The van der Waals surface area contributed by atoms with Crippen LogP contribution in [0, 0.1) is 15.9 Å². The molecule has 0 bridgehead atoms. The molecule has 1 aromatic carbocycles. The Labute approximate surface area is 104 Å². The summed E-state index contributed by atoms with van der Waals surface area (Å²) >= 11 is 2.20. The predicted octanol–water partition coefficient (Wildman–Crippen LogP) is 2.43. The topological polar surface area (TPSA) is 29.1 Å². The number of benzene rings is 1. The number of rotatable bonds is 3. The van der Waals surface area contributed by atoms with Crippen molar-refractivity contribution in [2.45, 2.75) is 19.4 Å². The summed E-state index contributed by atoms with van der Waals surface area (Å²) in [5, 5.41) is 2.83. The lowest BCUT2D eigenvalue weighted by molar-refractivity contribution is 0.0941. The molecule has 0 aliphatic heterocycles. The van der Waals surface area contributed by atoms with Gasteiger partial charge in [0.1, 0.15) is 0 Å². The maximum absolute atomic E-state index is 11.7. The monoisotopic (exact) mass is 313 g/mol. The summed E-state index contributed by atoms with van der Waals surface area (Å²) < 4.78 is 1.11. The van der Waals surface area contributed by atoms with Crippen LogP contribution in [0.15, 0.2) is 24.3 Å². The molecule has 3 heteroatoms. The minimum absolute atomic E-state index is 0.0155. The van der Waals surface area contributed by atoms with Crippen molar-refractivity contribution in [2.75, 3.05) is 0 Å². The third kappa shape index (κ3) is 3.92. The summed E-state index contributed by atoms with van der Waals surface area (Å²) in [4.78, 5) is 11.7. The zero-order chi connectivity index (χ0) is 11.3. The van der Waals surface area contributed by atoms with Crippen LogP contribution in [0.4, 0.5) is 0 Å². The van der Waals surface area contributed by atoms with Gasteiger partial charge in [-0.1, -0.05) is 0 Å². The quantitative estimate of drug-likeness (QED) is 0.674. The third-order valence-electron chi connectivity index (χ3n) is 1.91. The molecular weight excluding hydrogens is 301 g/mol. The summed E-state index contributed by atoms with van der Waals surface area (Å²) in [6.07, 6.45) is 5.71. The van der Waals surface area contributed by atoms with Crippen LogP contribution in [0.1, 0.15) is 23.7 Å². The van der Waals surface area contributed by atoms with Gasteiger partial charge in [0.15, 0.2) is 0 Å². The number of hydrogen-bond acceptors (Lipinski definition) is 1. The molecule has 0 spiro atoms. The standard InChI is InChI=1S/C12H12INO/c1-3-4-9(2)14-12(15)10-5-7-11(13)8-6-10/h1,5-9H,4H2,2H3,(H,14,15). The molecule has 0 aliphatic rings. The van der Waals surface area contributed by atoms with Crippen LogP contribution in [0.3, 0.4) is 0 Å². The lowest BCUT2D eigenvalue weighted by Crippen LogP contribution is -2.32. The van der Waals surface area contributed by atoms with E-state index in [1.54, 1.807) is 12.1 Å². The molecule has 78 valence electrons. The molecule has 0 aromatic heterocycles. The van der Waals surface area contributed by atoms with E-state index in [1.165, 1.54) is 0 Å². The fourth-order valence-corrected chi connectivity index (χ4v) is 1.50. The van der Waals surface area contributed by atoms with Gasteiger partial charge in [-0.05, 0) is 53.8 Å². The molecule has 0 saturated carbocycles. The molecule has 1 aromatic rings. The molecular formula is C12H12INO. The second-order valence-electron chi connectivity index (χ2n) is 3.29. The molecule has 0 radical (unpaired) electrons. The largest absolute Gasteiger partial charge is 0.349 e. The first-order valence-electron chi connectivity index (χ1n) is 4.63. The van der Waals surface area contributed by atoms with Gasteiger partial charge in [-0.25, -0.2) is 0 Å². The van der Waals surface area contributed by atoms with E-state index in [1.807, 2.05) is 19.1 Å². The van der Waals surface area contributed by atoms with Gasteiger partial charge in [0.05, 0.1) is 0 Å². The molecule has 1 N–H and O–H groups in total. The molecule has 1 unspecified atom stereocenters. The molecule has 0 fully saturated rings. The van der Waals surface area contributed by atoms with Gasteiger partial charge < -0.3 is 5.32 Å². The highest BCUT2D eigenvalue weighted by molar-refractivity contribution is 14.1. The second kappa shape index (κ2) is 5.76. The third-order valence-corrected chi connectivity index (χ3v) is 2.63. The van der Waals surface area contributed by atoms with Gasteiger partial charge >= 0.3 is 0 Å². The Morgan fingerprint density at radius 2 is 2.13 bits per heavy atom. The second-order valence-corrected chi connectivity index (χ2v) is 4.54. The van der Waals surface area contributed by atoms with Gasteiger partial charge in [-0.3, -0.25) is 4.79 Å². The van der Waals surface area contributed by atoms with E-state index in [-0.39, 0.29) is 11.9 Å². The van der Waals surface area contributed by atoms with E-state index in [2.05, 4.69) is 33.8 Å². The zero-order valence-electron chi connectivity index (χ0n) is 8.46. The fourth-order valence-electron chi connectivity index (χ4n) is 1.14. The van der Waals surface area contributed by atoms with Crippen LogP contribution in [0.5, 0.6) is 0 Å². The molecule has 0 heterocycles. The van der Waals surface area contributed by atoms with Gasteiger partial charge in [0.25, 0.3) is 5.91 Å². The van der Waals surface area contributed by atoms with E-state index < -0.39 is 0 Å². The van der Waals surface area contributed by atoms with Crippen molar-refractivity contribution in [1.29, 1.82) is 0 Å². The van der Waals surface area contributed by atoms with E-state index in [9.17, 15) is 4.79 Å². The Hall–Kier alpha value is -1.02. The lowest BCUT2D eigenvalue weighted by atomic mass is 10.2.